The molecule has 0 aliphatic carbocycles. The Hall–Kier alpha value is -1.51. The van der Waals surface area contributed by atoms with Gasteiger partial charge in [-0.25, -0.2) is 0 Å². The van der Waals surface area contributed by atoms with Gasteiger partial charge in [0, 0.05) is 6.42 Å². The molecule has 16 heavy (non-hydrogen) atoms. The predicted molar refractivity (Wildman–Crippen MR) is 62.7 cm³/mol. The van der Waals surface area contributed by atoms with Crippen molar-refractivity contribution in [3.63, 3.8) is 0 Å². The van der Waals surface area contributed by atoms with E-state index in [0.29, 0.717) is 19.4 Å². The van der Waals surface area contributed by atoms with Crippen LogP contribution in [0.3, 0.4) is 0 Å². The fourth-order valence-corrected chi connectivity index (χ4v) is 1.65. The van der Waals surface area contributed by atoms with Crippen molar-refractivity contribution >= 4 is 5.97 Å². The van der Waals surface area contributed by atoms with Gasteiger partial charge in [0.15, 0.2) is 0 Å². The SMILES string of the molecule is CCOC(=O)CCc1c(C)cccc1OC. The largest absolute Gasteiger partial charge is 0.496 e. The average molecular weight is 222 g/mol. The highest BCUT2D eigenvalue weighted by atomic mass is 16.5. The van der Waals surface area contributed by atoms with Crippen molar-refractivity contribution in [3.05, 3.63) is 29.3 Å². The minimum atomic E-state index is -0.159. The zero-order valence-corrected chi connectivity index (χ0v) is 10.1. The Morgan fingerprint density at radius 3 is 2.75 bits per heavy atom. The number of benzene rings is 1. The molecule has 1 rings (SSSR count). The second kappa shape index (κ2) is 6.16. The Bertz CT molecular complexity index is 358. The van der Waals surface area contributed by atoms with E-state index in [2.05, 4.69) is 0 Å². The van der Waals surface area contributed by atoms with Crippen molar-refractivity contribution in [1.29, 1.82) is 0 Å². The molecule has 0 atom stereocenters. The van der Waals surface area contributed by atoms with Crippen LogP contribution in [0.15, 0.2) is 18.2 Å². The topological polar surface area (TPSA) is 35.5 Å². The molecule has 0 aliphatic heterocycles. The number of aryl methyl sites for hydroxylation is 1. The quantitative estimate of drug-likeness (QED) is 0.718. The number of carbonyl (C=O) groups excluding carboxylic acids is 1. The molecule has 0 aromatic heterocycles. The van der Waals surface area contributed by atoms with E-state index in [9.17, 15) is 4.79 Å². The molecule has 0 N–H and O–H groups in total. The van der Waals surface area contributed by atoms with Crippen LogP contribution < -0.4 is 4.74 Å². The molecule has 0 heterocycles. The summed E-state index contributed by atoms with van der Waals surface area (Å²) in [5.74, 6) is 0.678. The highest BCUT2D eigenvalue weighted by molar-refractivity contribution is 5.70. The lowest BCUT2D eigenvalue weighted by atomic mass is 10.0. The van der Waals surface area contributed by atoms with E-state index >= 15 is 0 Å². The maximum atomic E-state index is 11.3. The lowest BCUT2D eigenvalue weighted by Gasteiger charge is -2.10. The van der Waals surface area contributed by atoms with Gasteiger partial charge in [-0.05, 0) is 37.5 Å². The molecular weight excluding hydrogens is 204 g/mol. The van der Waals surface area contributed by atoms with Crippen molar-refractivity contribution in [2.24, 2.45) is 0 Å². The van der Waals surface area contributed by atoms with E-state index in [1.807, 2.05) is 32.0 Å². The molecule has 0 unspecified atom stereocenters. The van der Waals surface area contributed by atoms with Crippen LogP contribution >= 0.6 is 0 Å². The van der Waals surface area contributed by atoms with Crippen molar-refractivity contribution in [2.75, 3.05) is 13.7 Å². The Morgan fingerprint density at radius 1 is 1.38 bits per heavy atom. The fraction of sp³-hybridized carbons (Fsp3) is 0.462. The van der Waals surface area contributed by atoms with Gasteiger partial charge >= 0.3 is 5.97 Å². The Morgan fingerprint density at radius 2 is 2.12 bits per heavy atom. The van der Waals surface area contributed by atoms with Crippen LogP contribution in [0, 0.1) is 6.92 Å². The summed E-state index contributed by atoms with van der Waals surface area (Å²) < 4.78 is 10.2. The summed E-state index contributed by atoms with van der Waals surface area (Å²) in [5, 5.41) is 0. The minimum Gasteiger partial charge on any atom is -0.496 e. The standard InChI is InChI=1S/C13H18O3/c1-4-16-13(14)9-8-11-10(2)6-5-7-12(11)15-3/h5-7H,4,8-9H2,1-3H3. The van der Waals surface area contributed by atoms with E-state index in [4.69, 9.17) is 9.47 Å². The Kier molecular flexibility index (Phi) is 4.83. The third kappa shape index (κ3) is 3.26. The van der Waals surface area contributed by atoms with Crippen molar-refractivity contribution in [1.82, 2.24) is 0 Å². The molecule has 0 aliphatic rings. The summed E-state index contributed by atoms with van der Waals surface area (Å²) in [7, 11) is 1.64. The average Bonchev–Trinajstić information content (AvgIpc) is 2.27. The molecule has 88 valence electrons. The van der Waals surface area contributed by atoms with E-state index in [-0.39, 0.29) is 5.97 Å². The van der Waals surface area contributed by atoms with Crippen molar-refractivity contribution < 1.29 is 14.3 Å². The summed E-state index contributed by atoms with van der Waals surface area (Å²) in [6.07, 6.45) is 1.06. The third-order valence-corrected chi connectivity index (χ3v) is 2.47. The molecule has 1 aromatic carbocycles. The molecule has 0 amide bonds. The van der Waals surface area contributed by atoms with Crippen LogP contribution in [0.1, 0.15) is 24.5 Å². The Balaban J connectivity index is 2.69. The molecule has 3 nitrogen and oxygen atoms in total. The second-order valence-electron chi connectivity index (χ2n) is 3.56. The first kappa shape index (κ1) is 12.6. The number of hydrogen-bond donors (Lipinski definition) is 0. The molecule has 0 radical (unpaired) electrons. The van der Waals surface area contributed by atoms with Crippen LogP contribution in [0.2, 0.25) is 0 Å². The molecule has 0 saturated carbocycles. The van der Waals surface area contributed by atoms with Gasteiger partial charge < -0.3 is 9.47 Å². The van der Waals surface area contributed by atoms with Crippen LogP contribution in [0.25, 0.3) is 0 Å². The smallest absolute Gasteiger partial charge is 0.306 e. The van der Waals surface area contributed by atoms with Crippen LogP contribution in [-0.2, 0) is 16.0 Å². The number of ether oxygens (including phenoxy) is 2. The normalized spacial score (nSPS) is 9.94. The monoisotopic (exact) mass is 222 g/mol. The van der Waals surface area contributed by atoms with Gasteiger partial charge in [0.2, 0.25) is 0 Å². The van der Waals surface area contributed by atoms with Crippen LogP contribution in [-0.4, -0.2) is 19.7 Å². The van der Waals surface area contributed by atoms with Gasteiger partial charge in [-0.2, -0.15) is 0 Å². The summed E-state index contributed by atoms with van der Waals surface area (Å²) >= 11 is 0. The molecule has 1 aromatic rings. The van der Waals surface area contributed by atoms with Gasteiger partial charge in [0.05, 0.1) is 13.7 Å². The van der Waals surface area contributed by atoms with Gasteiger partial charge in [-0.1, -0.05) is 12.1 Å². The van der Waals surface area contributed by atoms with Crippen LogP contribution in [0.4, 0.5) is 0 Å². The molecule has 3 heteroatoms. The molecule has 0 spiro atoms. The van der Waals surface area contributed by atoms with Gasteiger partial charge in [0.1, 0.15) is 5.75 Å². The number of carbonyl (C=O) groups is 1. The van der Waals surface area contributed by atoms with Gasteiger partial charge in [0.25, 0.3) is 0 Å². The number of hydrogen-bond acceptors (Lipinski definition) is 3. The van der Waals surface area contributed by atoms with E-state index in [0.717, 1.165) is 16.9 Å². The maximum Gasteiger partial charge on any atom is 0.306 e. The summed E-state index contributed by atoms with van der Waals surface area (Å²) in [4.78, 5) is 11.3. The number of rotatable bonds is 5. The van der Waals surface area contributed by atoms with Gasteiger partial charge in [-0.3, -0.25) is 4.79 Å². The van der Waals surface area contributed by atoms with Crippen molar-refractivity contribution in [3.8, 4) is 5.75 Å². The van der Waals surface area contributed by atoms with E-state index < -0.39 is 0 Å². The number of methoxy groups -OCH3 is 1. The third-order valence-electron chi connectivity index (χ3n) is 2.47. The first-order valence-electron chi connectivity index (χ1n) is 5.47. The molecular formula is C13H18O3. The molecule has 0 saturated heterocycles. The van der Waals surface area contributed by atoms with Crippen LogP contribution in [0.5, 0.6) is 5.75 Å². The zero-order valence-electron chi connectivity index (χ0n) is 10.1. The van der Waals surface area contributed by atoms with E-state index in [1.165, 1.54) is 0 Å². The molecule has 0 bridgehead atoms. The summed E-state index contributed by atoms with van der Waals surface area (Å²) in [6.45, 7) is 4.26. The summed E-state index contributed by atoms with van der Waals surface area (Å²) in [5.41, 5.74) is 2.22. The number of esters is 1. The summed E-state index contributed by atoms with van der Waals surface area (Å²) in [6, 6.07) is 5.87. The predicted octanol–water partition coefficient (Wildman–Crippen LogP) is 2.50. The van der Waals surface area contributed by atoms with E-state index in [1.54, 1.807) is 7.11 Å². The molecule has 0 fully saturated rings. The fourth-order valence-electron chi connectivity index (χ4n) is 1.65. The van der Waals surface area contributed by atoms with Crippen molar-refractivity contribution in [2.45, 2.75) is 26.7 Å². The Labute approximate surface area is 96.4 Å². The minimum absolute atomic E-state index is 0.159. The highest BCUT2D eigenvalue weighted by Crippen LogP contribution is 2.23. The first-order valence-corrected chi connectivity index (χ1v) is 5.47. The van der Waals surface area contributed by atoms with Gasteiger partial charge in [-0.15, -0.1) is 0 Å². The lowest BCUT2D eigenvalue weighted by Crippen LogP contribution is -2.06. The first-order chi connectivity index (χ1) is 7.69. The zero-order chi connectivity index (χ0) is 12.0. The lowest BCUT2D eigenvalue weighted by molar-refractivity contribution is -0.143. The second-order valence-corrected chi connectivity index (χ2v) is 3.56. The maximum absolute atomic E-state index is 11.3. The highest BCUT2D eigenvalue weighted by Gasteiger charge is 2.09.